The van der Waals surface area contributed by atoms with Crippen molar-refractivity contribution in [2.75, 3.05) is 6.54 Å². The lowest BCUT2D eigenvalue weighted by molar-refractivity contribution is -0.139. The number of aliphatic carboxylic acids is 1. The molecule has 4 aliphatic carbocycles. The molecule has 0 spiro atoms. The van der Waals surface area contributed by atoms with Crippen LogP contribution in [0.1, 0.15) is 55.8 Å². The lowest BCUT2D eigenvalue weighted by atomic mass is 9.66. The molecule has 0 radical (unpaired) electrons. The van der Waals surface area contributed by atoms with Gasteiger partial charge in [-0.2, -0.15) is 0 Å². The zero-order valence-corrected chi connectivity index (χ0v) is 19.5. The molecule has 4 fully saturated rings. The highest BCUT2D eigenvalue weighted by molar-refractivity contribution is 6.39. The van der Waals surface area contributed by atoms with Crippen molar-refractivity contribution < 1.29 is 19.5 Å². The molecule has 0 aromatic heterocycles. The first kappa shape index (κ1) is 23.2. The summed E-state index contributed by atoms with van der Waals surface area (Å²) in [4.78, 5) is 36.5. The van der Waals surface area contributed by atoms with Gasteiger partial charge in [-0.05, 0) is 80.8 Å². The molecule has 174 valence electrons. The van der Waals surface area contributed by atoms with E-state index in [1.807, 2.05) is 6.92 Å². The van der Waals surface area contributed by atoms with Gasteiger partial charge >= 0.3 is 12.0 Å². The van der Waals surface area contributed by atoms with Crippen LogP contribution in [-0.2, 0) is 4.79 Å². The zero-order chi connectivity index (χ0) is 23.0. The first-order chi connectivity index (χ1) is 15.2. The smallest absolute Gasteiger partial charge is 0.328 e. The van der Waals surface area contributed by atoms with Crippen LogP contribution in [0.5, 0.6) is 0 Å². The van der Waals surface area contributed by atoms with Gasteiger partial charge in [0.05, 0.1) is 22.2 Å². The molecule has 4 atom stereocenters. The minimum absolute atomic E-state index is 0.000174. The van der Waals surface area contributed by atoms with Crippen molar-refractivity contribution >= 4 is 41.1 Å². The first-order valence-electron chi connectivity index (χ1n) is 11.2. The predicted molar refractivity (Wildman–Crippen MR) is 122 cm³/mol. The summed E-state index contributed by atoms with van der Waals surface area (Å²) in [6, 6.07) is 2.80. The molecule has 32 heavy (non-hydrogen) atoms. The minimum Gasteiger partial charge on any atom is -0.480 e. The van der Waals surface area contributed by atoms with Crippen LogP contribution in [0.4, 0.5) is 4.79 Å². The Kier molecular flexibility index (Phi) is 6.59. The molecule has 0 saturated heterocycles. The second-order valence-electron chi connectivity index (χ2n) is 9.89. The fraction of sp³-hybridized carbons (Fsp3) is 0.609. The Bertz CT molecular complexity index is 885. The first-order valence-corrected chi connectivity index (χ1v) is 11.9. The van der Waals surface area contributed by atoms with E-state index in [4.69, 9.17) is 23.2 Å². The van der Waals surface area contributed by atoms with E-state index < -0.39 is 23.9 Å². The van der Waals surface area contributed by atoms with Crippen LogP contribution in [-0.4, -0.2) is 41.6 Å². The Hall–Kier alpha value is -1.99. The lowest BCUT2D eigenvalue weighted by Crippen LogP contribution is -2.51. The molecule has 4 bridgehead atoms. The average Bonchev–Trinajstić information content (AvgIpc) is 3.10. The molecule has 7 nitrogen and oxygen atoms in total. The highest BCUT2D eigenvalue weighted by Gasteiger charge is 2.55. The molecule has 3 unspecified atom stereocenters. The maximum atomic E-state index is 12.5. The minimum atomic E-state index is -1.32. The van der Waals surface area contributed by atoms with Crippen LogP contribution in [0, 0.1) is 23.2 Å². The number of rotatable bonds is 8. The second-order valence-corrected chi connectivity index (χ2v) is 10.7. The van der Waals surface area contributed by atoms with E-state index in [1.54, 1.807) is 6.07 Å². The highest BCUT2D eigenvalue weighted by atomic mass is 35.5. The van der Waals surface area contributed by atoms with Gasteiger partial charge < -0.3 is 21.1 Å². The number of carbonyl (C=O) groups excluding carboxylic acids is 2. The van der Waals surface area contributed by atoms with E-state index in [9.17, 15) is 19.5 Å². The Labute approximate surface area is 197 Å². The fourth-order valence-electron chi connectivity index (χ4n) is 6.54. The van der Waals surface area contributed by atoms with Crippen molar-refractivity contribution in [3.05, 3.63) is 33.8 Å². The number of nitrogens with one attached hydrogen (secondary N) is 3. The molecular weight excluding hydrogens is 453 g/mol. The van der Waals surface area contributed by atoms with Gasteiger partial charge in [-0.1, -0.05) is 29.3 Å². The molecule has 4 N–H and O–H groups in total. The number of carboxylic acids is 1. The van der Waals surface area contributed by atoms with E-state index in [2.05, 4.69) is 16.0 Å². The maximum absolute atomic E-state index is 12.5. The SMILES string of the molecule is CC(CC12CC3CC(C1)C(C3)C2)NC(=O)NC[C@H](NC(=O)c1c(Cl)cccc1Cl)C(=O)O. The van der Waals surface area contributed by atoms with Gasteiger partial charge in [-0.25, -0.2) is 9.59 Å². The van der Waals surface area contributed by atoms with E-state index in [0.29, 0.717) is 5.41 Å². The third-order valence-corrected chi connectivity index (χ3v) is 8.06. The van der Waals surface area contributed by atoms with E-state index in [-0.39, 0.29) is 28.2 Å². The Balaban J connectivity index is 1.27. The number of benzene rings is 1. The van der Waals surface area contributed by atoms with Gasteiger partial charge in [0.2, 0.25) is 0 Å². The monoisotopic (exact) mass is 481 g/mol. The average molecular weight is 482 g/mol. The van der Waals surface area contributed by atoms with Crippen molar-refractivity contribution in [2.45, 2.75) is 57.5 Å². The van der Waals surface area contributed by atoms with E-state index >= 15 is 0 Å². The number of urea groups is 1. The standard InChI is InChI=1S/C23H29Cl2N3O4/c1-12(7-23-8-13-5-14(9-23)15(6-13)10-23)27-22(32)26-11-18(21(30)31)28-20(29)19-16(24)3-2-4-17(19)25/h2-4,12-15,18H,5-11H2,1H3,(H,28,29)(H,30,31)(H2,26,27,32)/t12?,13?,14?,15?,18-,23?/m0/s1. The summed E-state index contributed by atoms with van der Waals surface area (Å²) in [5.41, 5.74) is 0.356. The Morgan fingerprint density at radius 3 is 2.28 bits per heavy atom. The van der Waals surface area contributed by atoms with Crippen LogP contribution in [0.25, 0.3) is 0 Å². The summed E-state index contributed by atoms with van der Waals surface area (Å²) in [6.45, 7) is 1.73. The highest BCUT2D eigenvalue weighted by Crippen LogP contribution is 2.65. The third-order valence-electron chi connectivity index (χ3n) is 7.43. The van der Waals surface area contributed by atoms with Gasteiger partial charge in [-0.15, -0.1) is 0 Å². The van der Waals surface area contributed by atoms with Crippen molar-refractivity contribution in [1.29, 1.82) is 0 Å². The normalized spacial score (nSPS) is 29.4. The second kappa shape index (κ2) is 9.10. The summed E-state index contributed by atoms with van der Waals surface area (Å²) < 4.78 is 0. The lowest BCUT2D eigenvalue weighted by Gasteiger charge is -2.40. The molecule has 1 aromatic rings. The number of carboxylic acid groups (broad SMARTS) is 1. The molecule has 1 aromatic carbocycles. The molecular formula is C23H29Cl2N3O4. The number of hydrogen-bond acceptors (Lipinski definition) is 3. The van der Waals surface area contributed by atoms with Crippen LogP contribution in [0.15, 0.2) is 18.2 Å². The van der Waals surface area contributed by atoms with Gasteiger partial charge in [-0.3, -0.25) is 4.79 Å². The Morgan fingerprint density at radius 1 is 1.09 bits per heavy atom. The zero-order valence-electron chi connectivity index (χ0n) is 18.0. The third kappa shape index (κ3) is 4.84. The van der Waals surface area contributed by atoms with Crippen LogP contribution < -0.4 is 16.0 Å². The number of amides is 3. The summed E-state index contributed by atoms with van der Waals surface area (Å²) >= 11 is 12.0. The Morgan fingerprint density at radius 2 is 1.72 bits per heavy atom. The van der Waals surface area contributed by atoms with Gasteiger partial charge in [0.1, 0.15) is 6.04 Å². The van der Waals surface area contributed by atoms with Crippen LogP contribution >= 0.6 is 23.2 Å². The largest absolute Gasteiger partial charge is 0.480 e. The molecule has 0 aliphatic heterocycles. The quantitative estimate of drug-likeness (QED) is 0.448. The molecule has 4 aliphatic rings. The molecule has 5 rings (SSSR count). The molecule has 3 amide bonds. The topological polar surface area (TPSA) is 108 Å². The summed E-state index contributed by atoms with van der Waals surface area (Å²) in [5, 5.41) is 17.6. The maximum Gasteiger partial charge on any atom is 0.328 e. The molecule has 0 heterocycles. The number of hydrogen-bond donors (Lipinski definition) is 4. The fourth-order valence-corrected chi connectivity index (χ4v) is 7.11. The summed E-state index contributed by atoms with van der Waals surface area (Å²) in [7, 11) is 0. The van der Waals surface area contributed by atoms with Gasteiger partial charge in [0, 0.05) is 6.04 Å². The van der Waals surface area contributed by atoms with Crippen molar-refractivity contribution in [1.82, 2.24) is 16.0 Å². The molecule has 4 saturated carbocycles. The van der Waals surface area contributed by atoms with Crippen LogP contribution in [0.3, 0.4) is 0 Å². The van der Waals surface area contributed by atoms with Crippen LogP contribution in [0.2, 0.25) is 10.0 Å². The number of carbonyl (C=O) groups is 3. The van der Waals surface area contributed by atoms with Crippen molar-refractivity contribution in [3.63, 3.8) is 0 Å². The van der Waals surface area contributed by atoms with Gasteiger partial charge in [0.15, 0.2) is 0 Å². The summed E-state index contributed by atoms with van der Waals surface area (Å²) in [6.07, 6.45) is 7.55. The van der Waals surface area contributed by atoms with Gasteiger partial charge in [0.25, 0.3) is 5.91 Å². The van der Waals surface area contributed by atoms with Crippen molar-refractivity contribution in [3.8, 4) is 0 Å². The van der Waals surface area contributed by atoms with Crippen molar-refractivity contribution in [2.24, 2.45) is 23.2 Å². The molecule has 9 heteroatoms. The van der Waals surface area contributed by atoms with E-state index in [1.165, 1.54) is 44.2 Å². The van der Waals surface area contributed by atoms with E-state index in [0.717, 1.165) is 24.2 Å². The number of halogens is 2. The predicted octanol–water partition coefficient (Wildman–Crippen LogP) is 4.08. The summed E-state index contributed by atoms with van der Waals surface area (Å²) in [5.74, 6) is 0.629.